The van der Waals surface area contributed by atoms with E-state index in [1.54, 1.807) is 17.3 Å². The van der Waals surface area contributed by atoms with Crippen LogP contribution in [-0.2, 0) is 7.05 Å². The predicted molar refractivity (Wildman–Crippen MR) is 105 cm³/mol. The Morgan fingerprint density at radius 2 is 2.14 bits per heavy atom. The average molecular weight is 376 g/mol. The molecule has 1 N–H and O–H groups in total. The number of carbonyl (C=O) groups is 1. The van der Waals surface area contributed by atoms with Crippen molar-refractivity contribution >= 4 is 23.4 Å². The highest BCUT2D eigenvalue weighted by Gasteiger charge is 2.40. The molecule has 142 valence electrons. The molecule has 0 saturated carbocycles. The molecule has 5 heterocycles. The Labute approximate surface area is 162 Å². The van der Waals surface area contributed by atoms with Crippen LogP contribution < -0.4 is 15.1 Å². The molecule has 0 radical (unpaired) electrons. The lowest BCUT2D eigenvalue weighted by Gasteiger charge is -2.35. The molecule has 2 aliphatic rings. The maximum absolute atomic E-state index is 13.1. The van der Waals surface area contributed by atoms with Crippen LogP contribution in [0, 0.1) is 6.92 Å². The van der Waals surface area contributed by atoms with Crippen LogP contribution in [0.3, 0.4) is 0 Å². The molecule has 1 fully saturated rings. The van der Waals surface area contributed by atoms with E-state index in [9.17, 15) is 4.79 Å². The van der Waals surface area contributed by atoms with Crippen molar-refractivity contribution in [2.24, 2.45) is 7.05 Å². The van der Waals surface area contributed by atoms with Gasteiger partial charge in [0, 0.05) is 43.8 Å². The molecule has 3 aromatic rings. The smallest absolute Gasteiger partial charge is 0.329 e. The normalized spacial score (nSPS) is 17.6. The third-order valence-corrected chi connectivity index (χ3v) is 5.48. The molecule has 5 rings (SSSR count). The van der Waals surface area contributed by atoms with Crippen LogP contribution in [0.25, 0.3) is 11.3 Å². The van der Waals surface area contributed by atoms with Gasteiger partial charge in [-0.25, -0.2) is 14.8 Å². The lowest BCUT2D eigenvalue weighted by atomic mass is 10.1. The lowest BCUT2D eigenvalue weighted by molar-refractivity contribution is 0.254. The molecule has 2 aliphatic heterocycles. The second-order valence-electron chi connectivity index (χ2n) is 7.09. The number of rotatable bonds is 2. The number of fused-ring (bicyclic) bond motifs is 4. The Balaban J connectivity index is 1.55. The van der Waals surface area contributed by atoms with Crippen LogP contribution in [-0.4, -0.2) is 49.9 Å². The summed E-state index contributed by atoms with van der Waals surface area (Å²) in [5.74, 6) is 1.10. The molecular weight excluding hydrogens is 356 g/mol. The molecule has 0 spiro atoms. The molecule has 9 heteroatoms. The Kier molecular flexibility index (Phi) is 3.75. The van der Waals surface area contributed by atoms with Crippen molar-refractivity contribution in [3.8, 4) is 11.3 Å². The van der Waals surface area contributed by atoms with Gasteiger partial charge in [0.05, 0.1) is 29.8 Å². The van der Waals surface area contributed by atoms with Crippen LogP contribution in [0.15, 0.2) is 36.9 Å². The quantitative estimate of drug-likeness (QED) is 0.737. The monoisotopic (exact) mass is 376 g/mol. The van der Waals surface area contributed by atoms with Gasteiger partial charge in [-0.15, -0.1) is 0 Å². The number of nitrogens with one attached hydrogen (secondary N) is 1. The molecule has 0 aliphatic carbocycles. The van der Waals surface area contributed by atoms with Gasteiger partial charge in [0.25, 0.3) is 0 Å². The highest BCUT2D eigenvalue weighted by molar-refractivity contribution is 6.04. The van der Waals surface area contributed by atoms with Gasteiger partial charge in [0.1, 0.15) is 0 Å². The van der Waals surface area contributed by atoms with Gasteiger partial charge in [-0.1, -0.05) is 0 Å². The van der Waals surface area contributed by atoms with Crippen LogP contribution in [0.4, 0.5) is 22.1 Å². The maximum atomic E-state index is 13.1. The fourth-order valence-corrected chi connectivity index (χ4v) is 3.91. The second kappa shape index (κ2) is 6.29. The summed E-state index contributed by atoms with van der Waals surface area (Å²) >= 11 is 0. The molecule has 3 aromatic heterocycles. The van der Waals surface area contributed by atoms with Crippen LogP contribution >= 0.6 is 0 Å². The summed E-state index contributed by atoms with van der Waals surface area (Å²) in [6, 6.07) is 3.90. The number of anilines is 3. The largest absolute Gasteiger partial charge is 0.366 e. The molecular formula is C19H20N8O. The number of urea groups is 1. The third kappa shape index (κ3) is 2.58. The summed E-state index contributed by atoms with van der Waals surface area (Å²) in [5.41, 5.74) is 3.78. The highest BCUT2D eigenvalue weighted by Crippen LogP contribution is 2.40. The molecule has 9 nitrogen and oxygen atoms in total. The molecule has 0 aromatic carbocycles. The van der Waals surface area contributed by atoms with E-state index in [0.717, 1.165) is 42.1 Å². The van der Waals surface area contributed by atoms with E-state index in [4.69, 9.17) is 4.98 Å². The topological polar surface area (TPSA) is 92.1 Å². The molecule has 0 unspecified atom stereocenters. The minimum absolute atomic E-state index is 0.0851. The standard InChI is InChI=1S/C19H20N8O/c1-12-14(9-22-25(12)2)15-3-4-16-18(23-15)27(13-5-8-26(16)11-13)19(28)24-17-10-20-6-7-21-17/h3-4,6-7,9-10,13H,5,8,11H2,1-2H3,(H,21,24,28)/t13-/m0/s1. The number of hydrogen-bond donors (Lipinski definition) is 1. The lowest BCUT2D eigenvalue weighted by Crippen LogP contribution is -2.48. The van der Waals surface area contributed by atoms with Gasteiger partial charge >= 0.3 is 6.03 Å². The van der Waals surface area contributed by atoms with Crippen LogP contribution in [0.5, 0.6) is 0 Å². The zero-order valence-electron chi connectivity index (χ0n) is 15.7. The minimum Gasteiger partial charge on any atom is -0.366 e. The first kappa shape index (κ1) is 16.7. The zero-order chi connectivity index (χ0) is 19.3. The third-order valence-electron chi connectivity index (χ3n) is 5.48. The molecule has 2 amide bonds. The van der Waals surface area contributed by atoms with Crippen LogP contribution in [0.1, 0.15) is 12.1 Å². The Morgan fingerprint density at radius 3 is 2.89 bits per heavy atom. The van der Waals surface area contributed by atoms with Gasteiger partial charge in [-0.3, -0.25) is 19.9 Å². The van der Waals surface area contributed by atoms with Crippen molar-refractivity contribution in [2.45, 2.75) is 19.4 Å². The van der Waals surface area contributed by atoms with Crippen molar-refractivity contribution in [3.63, 3.8) is 0 Å². The van der Waals surface area contributed by atoms with Crippen molar-refractivity contribution in [2.75, 3.05) is 28.2 Å². The number of amides is 2. The van der Waals surface area contributed by atoms with Crippen LogP contribution in [0.2, 0.25) is 0 Å². The zero-order valence-corrected chi connectivity index (χ0v) is 15.7. The average Bonchev–Trinajstić information content (AvgIpc) is 3.27. The van der Waals surface area contributed by atoms with Gasteiger partial charge in [-0.05, 0) is 25.5 Å². The summed E-state index contributed by atoms with van der Waals surface area (Å²) in [5, 5.41) is 7.16. The van der Waals surface area contributed by atoms with Gasteiger partial charge < -0.3 is 4.90 Å². The van der Waals surface area contributed by atoms with Crippen molar-refractivity contribution in [1.82, 2.24) is 24.7 Å². The van der Waals surface area contributed by atoms with Gasteiger partial charge in [0.15, 0.2) is 11.6 Å². The molecule has 2 bridgehead atoms. The van der Waals surface area contributed by atoms with Gasteiger partial charge in [-0.2, -0.15) is 5.10 Å². The Morgan fingerprint density at radius 1 is 1.25 bits per heavy atom. The van der Waals surface area contributed by atoms with E-state index < -0.39 is 0 Å². The Hall–Kier alpha value is -3.49. The number of aryl methyl sites for hydroxylation is 1. The summed E-state index contributed by atoms with van der Waals surface area (Å²) in [6.45, 7) is 3.74. The first-order valence-corrected chi connectivity index (χ1v) is 9.23. The van der Waals surface area contributed by atoms with E-state index in [-0.39, 0.29) is 12.1 Å². The van der Waals surface area contributed by atoms with E-state index in [1.165, 1.54) is 6.20 Å². The molecule has 28 heavy (non-hydrogen) atoms. The number of pyridine rings is 1. The van der Waals surface area contributed by atoms with Gasteiger partial charge in [0.2, 0.25) is 0 Å². The maximum Gasteiger partial charge on any atom is 0.329 e. The molecule has 1 saturated heterocycles. The highest BCUT2D eigenvalue weighted by atomic mass is 16.2. The SMILES string of the molecule is Cc1c(-c2ccc3c(n2)N(C(=O)Nc2cnccn2)[C@H]2CCN3C2)cnn1C. The fraction of sp³-hybridized carbons (Fsp3) is 0.316. The van der Waals surface area contributed by atoms with E-state index in [0.29, 0.717) is 11.6 Å². The van der Waals surface area contributed by atoms with Crippen molar-refractivity contribution < 1.29 is 4.79 Å². The van der Waals surface area contributed by atoms with Crippen molar-refractivity contribution in [1.29, 1.82) is 0 Å². The van der Waals surface area contributed by atoms with E-state index in [1.807, 2.05) is 37.0 Å². The Bertz CT molecular complexity index is 1050. The first-order valence-electron chi connectivity index (χ1n) is 9.23. The number of aromatic nitrogens is 5. The summed E-state index contributed by atoms with van der Waals surface area (Å²) < 4.78 is 1.82. The number of nitrogens with zero attached hydrogens (tertiary/aromatic N) is 7. The van der Waals surface area contributed by atoms with Crippen molar-refractivity contribution in [3.05, 3.63) is 42.6 Å². The minimum atomic E-state index is -0.235. The number of hydrogen-bond acceptors (Lipinski definition) is 6. The fourth-order valence-electron chi connectivity index (χ4n) is 3.91. The second-order valence-corrected chi connectivity index (χ2v) is 7.09. The molecule has 1 atom stereocenters. The summed E-state index contributed by atoms with van der Waals surface area (Å²) in [6.07, 6.45) is 7.38. The predicted octanol–water partition coefficient (Wildman–Crippen LogP) is 2.21. The van der Waals surface area contributed by atoms with E-state index >= 15 is 0 Å². The van der Waals surface area contributed by atoms with E-state index in [2.05, 4.69) is 25.3 Å². The summed E-state index contributed by atoms with van der Waals surface area (Å²) in [7, 11) is 1.91. The number of carbonyl (C=O) groups excluding carboxylic acids is 1. The summed E-state index contributed by atoms with van der Waals surface area (Å²) in [4.78, 5) is 30.2. The first-order chi connectivity index (χ1) is 13.6.